The number of aldehydes is 1. The molecule has 1 aliphatic heterocycles. The van der Waals surface area contributed by atoms with Crippen molar-refractivity contribution in [3.63, 3.8) is 0 Å². The molecule has 1 fully saturated rings. The zero-order valence-corrected chi connectivity index (χ0v) is 14.1. The fraction of sp³-hybridized carbons (Fsp3) is 0.500. The van der Waals surface area contributed by atoms with Gasteiger partial charge in [-0.1, -0.05) is 49.6 Å². The van der Waals surface area contributed by atoms with E-state index in [-0.39, 0.29) is 6.23 Å². The summed E-state index contributed by atoms with van der Waals surface area (Å²) in [5.74, 6) is 1.51. The van der Waals surface area contributed by atoms with Gasteiger partial charge in [0, 0.05) is 18.5 Å². The molecule has 1 aromatic carbocycles. The van der Waals surface area contributed by atoms with E-state index in [0.29, 0.717) is 5.92 Å². The van der Waals surface area contributed by atoms with Crippen LogP contribution in [0.1, 0.15) is 37.7 Å². The molecule has 0 amide bonds. The second-order valence-corrected chi connectivity index (χ2v) is 6.06. The molecule has 138 valence electrons. The lowest BCUT2D eigenvalue weighted by Crippen LogP contribution is -2.33. The number of hydrogen-bond donors (Lipinski definition) is 2. The Morgan fingerprint density at radius 2 is 1.76 bits per heavy atom. The summed E-state index contributed by atoms with van der Waals surface area (Å²) in [7, 11) is 1.92. The van der Waals surface area contributed by atoms with Crippen LogP contribution in [0.15, 0.2) is 36.2 Å². The molecule has 7 heteroatoms. The predicted octanol–water partition coefficient (Wildman–Crippen LogP) is 3.81. The molecule has 25 heavy (non-hydrogen) atoms. The number of halogens is 3. The first-order valence-electron chi connectivity index (χ1n) is 8.38. The minimum atomic E-state index is -4.64. The summed E-state index contributed by atoms with van der Waals surface area (Å²) < 4.78 is 37.3. The van der Waals surface area contributed by atoms with E-state index in [4.69, 9.17) is 9.53 Å². The summed E-state index contributed by atoms with van der Waals surface area (Å²) >= 11 is 0. The van der Waals surface area contributed by atoms with Crippen molar-refractivity contribution in [1.29, 1.82) is 0 Å². The van der Waals surface area contributed by atoms with Gasteiger partial charge in [0.25, 0.3) is 0 Å². The van der Waals surface area contributed by atoms with E-state index in [0.717, 1.165) is 11.6 Å². The molecule has 4 nitrogen and oxygen atoms in total. The first-order chi connectivity index (χ1) is 11.9. The van der Waals surface area contributed by atoms with Crippen LogP contribution in [0.4, 0.5) is 13.2 Å². The van der Waals surface area contributed by atoms with Crippen molar-refractivity contribution < 1.29 is 22.7 Å². The van der Waals surface area contributed by atoms with Crippen LogP contribution in [-0.2, 0) is 9.53 Å². The van der Waals surface area contributed by atoms with Crippen LogP contribution in [0.3, 0.4) is 0 Å². The molecule has 1 saturated carbocycles. The van der Waals surface area contributed by atoms with E-state index < -0.39 is 12.5 Å². The minimum absolute atomic E-state index is 0.137. The minimum Gasteiger partial charge on any atom is -0.454 e. The summed E-state index contributed by atoms with van der Waals surface area (Å²) in [4.78, 5) is 8.70. The highest BCUT2D eigenvalue weighted by Crippen LogP contribution is 2.33. The normalized spacial score (nSPS) is 20.9. The van der Waals surface area contributed by atoms with E-state index in [1.54, 1.807) is 0 Å². The van der Waals surface area contributed by atoms with Crippen LogP contribution >= 0.6 is 0 Å². The van der Waals surface area contributed by atoms with Crippen LogP contribution in [0.2, 0.25) is 0 Å². The van der Waals surface area contributed by atoms with Crippen molar-refractivity contribution >= 4 is 12.0 Å². The van der Waals surface area contributed by atoms with Crippen molar-refractivity contribution in [2.24, 2.45) is 5.92 Å². The summed E-state index contributed by atoms with van der Waals surface area (Å²) in [6, 6.07) is 10.4. The Bertz CT molecular complexity index is 582. The van der Waals surface area contributed by atoms with Gasteiger partial charge in [0.2, 0.25) is 12.2 Å². The molecular formula is C18H23F3N2O2. The van der Waals surface area contributed by atoms with Crippen LogP contribution in [0.25, 0.3) is 5.70 Å². The molecule has 1 unspecified atom stereocenters. The topological polar surface area (TPSA) is 50.4 Å². The van der Waals surface area contributed by atoms with Gasteiger partial charge in [-0.25, -0.2) is 0 Å². The van der Waals surface area contributed by atoms with Crippen molar-refractivity contribution in [3.8, 4) is 0 Å². The highest BCUT2D eigenvalue weighted by Gasteiger charge is 2.32. The van der Waals surface area contributed by atoms with E-state index in [9.17, 15) is 13.2 Å². The quantitative estimate of drug-likeness (QED) is 0.809. The second kappa shape index (κ2) is 8.78. The van der Waals surface area contributed by atoms with E-state index in [2.05, 4.69) is 34.9 Å². The Hall–Kier alpha value is -2.18. The molecule has 1 atom stereocenters. The number of carbonyl (C=O) groups excluding carboxylic acids is 1. The Labute approximate surface area is 145 Å². The predicted molar refractivity (Wildman–Crippen MR) is 89.1 cm³/mol. The first-order valence-corrected chi connectivity index (χ1v) is 8.38. The third-order valence-corrected chi connectivity index (χ3v) is 4.26. The average molecular weight is 356 g/mol. The number of rotatable bonds is 3. The molecule has 3 rings (SSSR count). The highest BCUT2D eigenvalue weighted by atomic mass is 19.4. The number of benzene rings is 1. The lowest BCUT2D eigenvalue weighted by Gasteiger charge is -2.27. The number of hydrogen-bond acceptors (Lipinski definition) is 4. The average Bonchev–Trinajstić information content (AvgIpc) is 3.07. The summed E-state index contributed by atoms with van der Waals surface area (Å²) in [5.41, 5.74) is 2.28. The highest BCUT2D eigenvalue weighted by molar-refractivity contribution is 5.67. The van der Waals surface area contributed by atoms with Gasteiger partial charge >= 0.3 is 6.18 Å². The van der Waals surface area contributed by atoms with Crippen molar-refractivity contribution in [1.82, 2.24) is 10.6 Å². The second-order valence-electron chi connectivity index (χ2n) is 6.06. The summed E-state index contributed by atoms with van der Waals surface area (Å²) in [6.45, 7) is 0. The van der Waals surface area contributed by atoms with Gasteiger partial charge in [0.05, 0.1) is 0 Å². The fourth-order valence-electron chi connectivity index (χ4n) is 3.08. The SMILES string of the molecule is CNC1=C(c2ccccc2)NC(C2CCCCC2)O1.O=CC(F)(F)F. The fourth-order valence-corrected chi connectivity index (χ4v) is 3.08. The van der Waals surface area contributed by atoms with Crippen molar-refractivity contribution in [2.75, 3.05) is 7.05 Å². The molecule has 0 saturated heterocycles. The molecule has 1 heterocycles. The van der Waals surface area contributed by atoms with Gasteiger partial charge in [-0.05, 0) is 12.8 Å². The number of ether oxygens (including phenoxy) is 1. The van der Waals surface area contributed by atoms with Crippen molar-refractivity contribution in [2.45, 2.75) is 44.5 Å². The maximum Gasteiger partial charge on any atom is 0.446 e. The van der Waals surface area contributed by atoms with E-state index >= 15 is 0 Å². The molecular weight excluding hydrogens is 333 g/mol. The lowest BCUT2D eigenvalue weighted by atomic mass is 9.88. The largest absolute Gasteiger partial charge is 0.454 e. The Morgan fingerprint density at radius 1 is 1.16 bits per heavy atom. The van der Waals surface area contributed by atoms with Gasteiger partial charge in [-0.3, -0.25) is 4.79 Å². The first kappa shape index (κ1) is 19.1. The van der Waals surface area contributed by atoms with Crippen LogP contribution in [0, 0.1) is 5.92 Å². The Balaban J connectivity index is 0.000000326. The molecule has 0 radical (unpaired) electrons. The third kappa shape index (κ3) is 5.69. The number of nitrogens with one attached hydrogen (secondary N) is 2. The van der Waals surface area contributed by atoms with Gasteiger partial charge in [0.1, 0.15) is 5.70 Å². The molecule has 2 aliphatic rings. The van der Waals surface area contributed by atoms with Crippen LogP contribution in [-0.4, -0.2) is 25.7 Å². The maximum absolute atomic E-state index is 10.4. The summed E-state index contributed by atoms with van der Waals surface area (Å²) in [5, 5.41) is 6.75. The van der Waals surface area contributed by atoms with E-state index in [1.807, 2.05) is 13.1 Å². The van der Waals surface area contributed by atoms with Gasteiger partial charge in [-0.15, -0.1) is 0 Å². The standard InChI is InChI=1S/C16H22N2O.C2HF3O/c1-17-16-14(12-8-4-2-5-9-12)18-15(19-16)13-10-6-3-7-11-13;3-2(4,5)1-6/h2,4-5,8-9,13,15,17-18H,3,6-7,10-11H2,1H3;1H. The molecule has 0 spiro atoms. The molecule has 0 aromatic heterocycles. The maximum atomic E-state index is 10.4. The number of carbonyl (C=O) groups is 1. The van der Waals surface area contributed by atoms with Gasteiger partial charge < -0.3 is 15.4 Å². The lowest BCUT2D eigenvalue weighted by molar-refractivity contribution is -0.156. The molecule has 1 aliphatic carbocycles. The third-order valence-electron chi connectivity index (χ3n) is 4.26. The monoisotopic (exact) mass is 356 g/mol. The zero-order chi connectivity index (χ0) is 18.3. The van der Waals surface area contributed by atoms with Crippen LogP contribution in [0.5, 0.6) is 0 Å². The number of alkyl halides is 3. The Kier molecular flexibility index (Phi) is 6.73. The molecule has 0 bridgehead atoms. The molecule has 1 aromatic rings. The van der Waals surface area contributed by atoms with E-state index in [1.165, 1.54) is 37.7 Å². The van der Waals surface area contributed by atoms with Gasteiger partial charge in [-0.2, -0.15) is 13.2 Å². The smallest absolute Gasteiger partial charge is 0.446 e. The molecule has 2 N–H and O–H groups in total. The Morgan fingerprint density at radius 3 is 2.28 bits per heavy atom. The summed E-state index contributed by atoms with van der Waals surface area (Å²) in [6.07, 6.45) is 1.03. The zero-order valence-electron chi connectivity index (χ0n) is 14.1. The van der Waals surface area contributed by atoms with Crippen LogP contribution < -0.4 is 10.6 Å². The van der Waals surface area contributed by atoms with Crippen molar-refractivity contribution in [3.05, 3.63) is 41.8 Å². The van der Waals surface area contributed by atoms with Gasteiger partial charge in [0.15, 0.2) is 6.23 Å².